The quantitative estimate of drug-likeness (QED) is 0.843. The van der Waals surface area contributed by atoms with Gasteiger partial charge in [0.1, 0.15) is 5.82 Å². The van der Waals surface area contributed by atoms with Crippen molar-refractivity contribution >= 4 is 23.2 Å². The van der Waals surface area contributed by atoms with E-state index in [-0.39, 0.29) is 11.1 Å². The van der Waals surface area contributed by atoms with E-state index in [2.05, 4.69) is 11.4 Å². The normalized spacial score (nSPS) is 12.4. The Hall–Kier alpha value is -1.09. The van der Waals surface area contributed by atoms with Gasteiger partial charge in [-0.05, 0) is 55.3 Å². The molecule has 106 valence electrons. The van der Waals surface area contributed by atoms with E-state index in [1.807, 2.05) is 26.1 Å². The Labute approximate surface area is 128 Å². The fourth-order valence-electron chi connectivity index (χ4n) is 2.17. The summed E-state index contributed by atoms with van der Waals surface area (Å²) >= 11 is 11.9. The van der Waals surface area contributed by atoms with Crippen molar-refractivity contribution in [3.63, 3.8) is 0 Å². The molecule has 0 spiro atoms. The van der Waals surface area contributed by atoms with Crippen LogP contribution in [0.15, 0.2) is 36.4 Å². The summed E-state index contributed by atoms with van der Waals surface area (Å²) in [5.74, 6) is -0.390. The van der Waals surface area contributed by atoms with Crippen LogP contribution < -0.4 is 5.32 Å². The summed E-state index contributed by atoms with van der Waals surface area (Å²) in [6.45, 7) is 1.98. The standard InChI is InChI=1S/C16H16Cl2FN/c1-10-7-12(4-5-13(10)17)16(20-2)9-11-3-6-15(19)14(18)8-11/h3-8,16,20H,9H2,1-2H3. The first-order valence-electron chi connectivity index (χ1n) is 6.38. The molecule has 0 aliphatic rings. The third-order valence-electron chi connectivity index (χ3n) is 3.36. The van der Waals surface area contributed by atoms with Crippen LogP contribution >= 0.6 is 23.2 Å². The van der Waals surface area contributed by atoms with Crippen molar-refractivity contribution in [1.29, 1.82) is 0 Å². The third kappa shape index (κ3) is 3.51. The van der Waals surface area contributed by atoms with Gasteiger partial charge in [0.05, 0.1) is 5.02 Å². The van der Waals surface area contributed by atoms with Gasteiger partial charge in [0.15, 0.2) is 0 Å². The van der Waals surface area contributed by atoms with Crippen molar-refractivity contribution in [2.45, 2.75) is 19.4 Å². The first kappa shape index (κ1) is 15.3. The number of aryl methyl sites for hydroxylation is 1. The molecule has 1 atom stereocenters. The van der Waals surface area contributed by atoms with Crippen LogP contribution in [-0.2, 0) is 6.42 Å². The lowest BCUT2D eigenvalue weighted by molar-refractivity contribution is 0.588. The van der Waals surface area contributed by atoms with E-state index in [1.54, 1.807) is 12.1 Å². The van der Waals surface area contributed by atoms with Gasteiger partial charge in [-0.2, -0.15) is 0 Å². The average molecular weight is 312 g/mol. The molecule has 0 bridgehead atoms. The molecule has 4 heteroatoms. The predicted molar refractivity (Wildman–Crippen MR) is 83.1 cm³/mol. The number of hydrogen-bond acceptors (Lipinski definition) is 1. The van der Waals surface area contributed by atoms with Crippen molar-refractivity contribution in [3.05, 3.63) is 69.0 Å². The lowest BCUT2D eigenvalue weighted by Gasteiger charge is -2.18. The fourth-order valence-corrected chi connectivity index (χ4v) is 2.49. The van der Waals surface area contributed by atoms with Crippen LogP contribution in [0.25, 0.3) is 0 Å². The van der Waals surface area contributed by atoms with Crippen LogP contribution in [0.1, 0.15) is 22.7 Å². The van der Waals surface area contributed by atoms with Crippen LogP contribution in [-0.4, -0.2) is 7.05 Å². The highest BCUT2D eigenvalue weighted by molar-refractivity contribution is 6.31. The molecule has 0 aromatic heterocycles. The molecule has 0 aliphatic carbocycles. The van der Waals surface area contributed by atoms with Gasteiger partial charge < -0.3 is 5.32 Å². The summed E-state index contributed by atoms with van der Waals surface area (Å²) in [6, 6.07) is 10.9. The molecular weight excluding hydrogens is 296 g/mol. The number of benzene rings is 2. The second kappa shape index (κ2) is 6.57. The van der Waals surface area contributed by atoms with E-state index >= 15 is 0 Å². The highest BCUT2D eigenvalue weighted by atomic mass is 35.5. The maximum absolute atomic E-state index is 13.2. The molecular formula is C16H16Cl2FN. The molecule has 2 aromatic rings. The van der Waals surface area contributed by atoms with Crippen LogP contribution in [0.4, 0.5) is 4.39 Å². The lowest BCUT2D eigenvalue weighted by Crippen LogP contribution is -2.19. The minimum atomic E-state index is -0.390. The Morgan fingerprint density at radius 1 is 1.10 bits per heavy atom. The molecule has 0 aliphatic heterocycles. The Kier molecular flexibility index (Phi) is 5.03. The summed E-state index contributed by atoms with van der Waals surface area (Å²) in [6.07, 6.45) is 0.734. The Bertz CT molecular complexity index is 613. The highest BCUT2D eigenvalue weighted by Crippen LogP contribution is 2.25. The second-order valence-corrected chi connectivity index (χ2v) is 5.62. The van der Waals surface area contributed by atoms with Gasteiger partial charge in [-0.3, -0.25) is 0 Å². The molecule has 2 rings (SSSR count). The molecule has 0 amide bonds. The Morgan fingerprint density at radius 2 is 1.85 bits per heavy atom. The SMILES string of the molecule is CNC(Cc1ccc(F)c(Cl)c1)c1ccc(Cl)c(C)c1. The monoisotopic (exact) mass is 311 g/mol. The second-order valence-electron chi connectivity index (χ2n) is 4.80. The first-order chi connectivity index (χ1) is 9.51. The molecule has 1 unspecified atom stereocenters. The van der Waals surface area contributed by atoms with E-state index in [4.69, 9.17) is 23.2 Å². The van der Waals surface area contributed by atoms with Crippen molar-refractivity contribution in [1.82, 2.24) is 5.32 Å². The summed E-state index contributed by atoms with van der Waals surface area (Å²) in [7, 11) is 1.90. The molecule has 2 aromatic carbocycles. The average Bonchev–Trinajstić information content (AvgIpc) is 2.43. The van der Waals surface area contributed by atoms with Gasteiger partial charge in [-0.1, -0.05) is 41.4 Å². The third-order valence-corrected chi connectivity index (χ3v) is 4.07. The van der Waals surface area contributed by atoms with E-state index in [9.17, 15) is 4.39 Å². The number of halogens is 3. The highest BCUT2D eigenvalue weighted by Gasteiger charge is 2.12. The van der Waals surface area contributed by atoms with Crippen LogP contribution in [0.3, 0.4) is 0 Å². The molecule has 1 nitrogen and oxygen atoms in total. The first-order valence-corrected chi connectivity index (χ1v) is 7.14. The largest absolute Gasteiger partial charge is 0.313 e. The summed E-state index contributed by atoms with van der Waals surface area (Å²) in [5, 5.41) is 4.18. The summed E-state index contributed by atoms with van der Waals surface area (Å²) < 4.78 is 13.2. The molecule has 20 heavy (non-hydrogen) atoms. The smallest absolute Gasteiger partial charge is 0.141 e. The minimum absolute atomic E-state index is 0.132. The maximum atomic E-state index is 13.2. The van der Waals surface area contributed by atoms with Crippen LogP contribution in [0.2, 0.25) is 10.0 Å². The van der Waals surface area contributed by atoms with Crippen molar-refractivity contribution < 1.29 is 4.39 Å². The maximum Gasteiger partial charge on any atom is 0.141 e. The predicted octanol–water partition coefficient (Wildman–Crippen LogP) is 4.94. The minimum Gasteiger partial charge on any atom is -0.313 e. The van der Waals surface area contributed by atoms with Crippen LogP contribution in [0, 0.1) is 12.7 Å². The van der Waals surface area contributed by atoms with Gasteiger partial charge in [0, 0.05) is 11.1 Å². The number of rotatable bonds is 4. The molecule has 0 heterocycles. The number of hydrogen-bond donors (Lipinski definition) is 1. The molecule has 1 N–H and O–H groups in total. The van der Waals surface area contributed by atoms with E-state index in [0.717, 1.165) is 28.1 Å². The van der Waals surface area contributed by atoms with E-state index in [0.29, 0.717) is 0 Å². The molecule has 0 saturated heterocycles. The summed E-state index contributed by atoms with van der Waals surface area (Å²) in [5.41, 5.74) is 3.18. The van der Waals surface area contributed by atoms with Gasteiger partial charge in [-0.15, -0.1) is 0 Å². The molecule has 0 radical (unpaired) electrons. The van der Waals surface area contributed by atoms with Crippen molar-refractivity contribution in [2.75, 3.05) is 7.05 Å². The van der Waals surface area contributed by atoms with E-state index < -0.39 is 5.82 Å². The zero-order valence-corrected chi connectivity index (χ0v) is 12.9. The molecule has 0 fully saturated rings. The lowest BCUT2D eigenvalue weighted by atomic mass is 9.97. The van der Waals surface area contributed by atoms with Crippen LogP contribution in [0.5, 0.6) is 0 Å². The number of likely N-dealkylation sites (N-methyl/N-ethyl adjacent to an activating group) is 1. The molecule has 0 saturated carbocycles. The van der Waals surface area contributed by atoms with Gasteiger partial charge in [0.25, 0.3) is 0 Å². The van der Waals surface area contributed by atoms with Crippen molar-refractivity contribution in [3.8, 4) is 0 Å². The van der Waals surface area contributed by atoms with Gasteiger partial charge >= 0.3 is 0 Å². The summed E-state index contributed by atoms with van der Waals surface area (Å²) in [4.78, 5) is 0. The zero-order chi connectivity index (χ0) is 14.7. The van der Waals surface area contributed by atoms with Gasteiger partial charge in [-0.25, -0.2) is 4.39 Å². The zero-order valence-electron chi connectivity index (χ0n) is 11.4. The topological polar surface area (TPSA) is 12.0 Å². The van der Waals surface area contributed by atoms with E-state index in [1.165, 1.54) is 6.07 Å². The number of nitrogens with one attached hydrogen (secondary N) is 1. The fraction of sp³-hybridized carbons (Fsp3) is 0.250. The van der Waals surface area contributed by atoms with Gasteiger partial charge in [0.2, 0.25) is 0 Å². The Morgan fingerprint density at radius 3 is 2.45 bits per heavy atom. The Balaban J connectivity index is 2.23. The van der Waals surface area contributed by atoms with Crippen molar-refractivity contribution in [2.24, 2.45) is 0 Å².